The van der Waals surface area contributed by atoms with Crippen molar-refractivity contribution in [2.45, 2.75) is 13.5 Å². The summed E-state index contributed by atoms with van der Waals surface area (Å²) >= 11 is 0. The fourth-order valence-electron chi connectivity index (χ4n) is 2.28. The van der Waals surface area contributed by atoms with Crippen molar-refractivity contribution in [2.75, 3.05) is 24.7 Å². The van der Waals surface area contributed by atoms with Crippen LogP contribution in [0.5, 0.6) is 5.75 Å². The Bertz CT molecular complexity index is 644. The van der Waals surface area contributed by atoms with Crippen LogP contribution in [-0.4, -0.2) is 26.0 Å². The molecule has 2 rings (SSSR count). The first-order valence-corrected chi connectivity index (χ1v) is 7.50. The van der Waals surface area contributed by atoms with E-state index in [1.807, 2.05) is 24.0 Å². The molecule has 0 saturated carbocycles. The summed E-state index contributed by atoms with van der Waals surface area (Å²) in [4.78, 5) is 1.90. The van der Waals surface area contributed by atoms with E-state index < -0.39 is 6.67 Å². The van der Waals surface area contributed by atoms with Crippen LogP contribution in [0.3, 0.4) is 0 Å². The van der Waals surface area contributed by atoms with E-state index in [4.69, 9.17) is 10.1 Å². The van der Waals surface area contributed by atoms with Gasteiger partial charge in [0.1, 0.15) is 24.8 Å². The Balaban J connectivity index is 2.18. The Morgan fingerprint density at radius 1 is 1.17 bits per heavy atom. The zero-order chi connectivity index (χ0) is 16.7. The number of anilines is 1. The molecule has 0 aliphatic carbocycles. The Morgan fingerprint density at radius 3 is 2.52 bits per heavy atom. The fourth-order valence-corrected chi connectivity index (χ4v) is 2.28. The number of ether oxygens (including phenoxy) is 1. The lowest BCUT2D eigenvalue weighted by atomic mass is 10.1. The second-order valence-corrected chi connectivity index (χ2v) is 5.05. The molecule has 0 amide bonds. The Labute approximate surface area is 135 Å². The van der Waals surface area contributed by atoms with Crippen molar-refractivity contribution in [2.24, 2.45) is 0 Å². The third-order valence-corrected chi connectivity index (χ3v) is 3.56. The largest absolute Gasteiger partial charge is 0.488 e. The predicted octanol–water partition coefficient (Wildman–Crippen LogP) is 4.20. The number of halogens is 2. The van der Waals surface area contributed by atoms with Gasteiger partial charge in [-0.2, -0.15) is 0 Å². The van der Waals surface area contributed by atoms with Crippen LogP contribution < -0.4 is 9.64 Å². The first kappa shape index (κ1) is 16.9. The third kappa shape index (κ3) is 4.52. The zero-order valence-electron chi connectivity index (χ0n) is 13.1. The number of rotatable bonds is 8. The van der Waals surface area contributed by atoms with Crippen LogP contribution in [0, 0.1) is 11.2 Å². The van der Waals surface area contributed by atoms with Crippen LogP contribution in [-0.2, 0) is 6.61 Å². The summed E-state index contributed by atoms with van der Waals surface area (Å²) in [6.45, 7) is 2.81. The first-order valence-electron chi connectivity index (χ1n) is 7.50. The van der Waals surface area contributed by atoms with E-state index in [2.05, 4.69) is 0 Å². The Morgan fingerprint density at radius 2 is 1.91 bits per heavy atom. The van der Waals surface area contributed by atoms with Crippen molar-refractivity contribution < 1.29 is 13.5 Å². The van der Waals surface area contributed by atoms with Crippen molar-refractivity contribution >= 4 is 11.9 Å². The van der Waals surface area contributed by atoms with Gasteiger partial charge in [0.15, 0.2) is 0 Å². The van der Waals surface area contributed by atoms with Crippen LogP contribution in [0.25, 0.3) is 0 Å². The minimum absolute atomic E-state index is 0.278. The number of hydrogen-bond acceptors (Lipinski definition) is 3. The van der Waals surface area contributed by atoms with Gasteiger partial charge in [-0.25, -0.2) is 8.78 Å². The molecule has 0 radical (unpaired) electrons. The number of alkyl halides is 1. The summed E-state index contributed by atoms with van der Waals surface area (Å²) in [5, 5.41) is 7.47. The highest BCUT2D eigenvalue weighted by Crippen LogP contribution is 2.26. The van der Waals surface area contributed by atoms with E-state index in [-0.39, 0.29) is 12.4 Å². The summed E-state index contributed by atoms with van der Waals surface area (Å²) in [6, 6.07) is 11.5. The van der Waals surface area contributed by atoms with E-state index in [1.165, 1.54) is 18.3 Å². The average Bonchev–Trinajstić information content (AvgIpc) is 2.59. The monoisotopic (exact) mass is 318 g/mol. The van der Waals surface area contributed by atoms with E-state index in [0.717, 1.165) is 11.3 Å². The van der Waals surface area contributed by atoms with Crippen molar-refractivity contribution in [3.05, 3.63) is 59.4 Å². The van der Waals surface area contributed by atoms with Gasteiger partial charge in [0, 0.05) is 36.6 Å². The molecular formula is C18H20F2N2O. The molecule has 122 valence electrons. The van der Waals surface area contributed by atoms with E-state index >= 15 is 0 Å². The van der Waals surface area contributed by atoms with E-state index in [1.54, 1.807) is 18.2 Å². The van der Waals surface area contributed by atoms with Gasteiger partial charge in [-0.3, -0.25) is 0 Å². The SMILES string of the molecule is CCN(CCF)c1ccc(C=N)c(OCc2ccc(F)cc2)c1. The lowest BCUT2D eigenvalue weighted by Crippen LogP contribution is -2.25. The molecule has 0 aliphatic rings. The summed E-state index contributed by atoms with van der Waals surface area (Å²) in [5.41, 5.74) is 2.33. The molecule has 0 heterocycles. The zero-order valence-corrected chi connectivity index (χ0v) is 13.1. The van der Waals surface area contributed by atoms with Gasteiger partial charge in [-0.15, -0.1) is 0 Å². The maximum atomic E-state index is 12.9. The molecule has 2 aromatic rings. The number of nitrogens with one attached hydrogen (secondary N) is 1. The highest BCUT2D eigenvalue weighted by Gasteiger charge is 2.09. The number of benzene rings is 2. The third-order valence-electron chi connectivity index (χ3n) is 3.56. The fraction of sp³-hybridized carbons (Fsp3) is 0.278. The van der Waals surface area contributed by atoms with Gasteiger partial charge in [0.25, 0.3) is 0 Å². The molecule has 0 atom stereocenters. The molecular weight excluding hydrogens is 298 g/mol. The lowest BCUT2D eigenvalue weighted by molar-refractivity contribution is 0.305. The van der Waals surface area contributed by atoms with Gasteiger partial charge in [0.2, 0.25) is 0 Å². The van der Waals surface area contributed by atoms with Gasteiger partial charge in [-0.05, 0) is 36.8 Å². The molecule has 0 aromatic heterocycles. The minimum Gasteiger partial charge on any atom is -0.488 e. The molecule has 3 nitrogen and oxygen atoms in total. The summed E-state index contributed by atoms with van der Waals surface area (Å²) in [5.74, 6) is 0.264. The molecule has 0 saturated heterocycles. The molecule has 2 aromatic carbocycles. The van der Waals surface area contributed by atoms with Crippen LogP contribution in [0.1, 0.15) is 18.1 Å². The van der Waals surface area contributed by atoms with Crippen molar-refractivity contribution in [3.8, 4) is 5.75 Å². The van der Waals surface area contributed by atoms with Crippen LogP contribution in [0.4, 0.5) is 14.5 Å². The Kier molecular flexibility index (Phi) is 6.09. The molecule has 0 aliphatic heterocycles. The average molecular weight is 318 g/mol. The predicted molar refractivity (Wildman–Crippen MR) is 88.9 cm³/mol. The van der Waals surface area contributed by atoms with Gasteiger partial charge in [-0.1, -0.05) is 12.1 Å². The van der Waals surface area contributed by atoms with Crippen molar-refractivity contribution in [1.29, 1.82) is 5.41 Å². The second kappa shape index (κ2) is 8.27. The summed E-state index contributed by atoms with van der Waals surface area (Å²) in [7, 11) is 0. The molecule has 23 heavy (non-hydrogen) atoms. The molecule has 0 bridgehead atoms. The smallest absolute Gasteiger partial charge is 0.130 e. The highest BCUT2D eigenvalue weighted by atomic mass is 19.1. The number of nitrogens with zero attached hydrogens (tertiary/aromatic N) is 1. The molecule has 0 unspecified atom stereocenters. The van der Waals surface area contributed by atoms with Crippen LogP contribution in [0.2, 0.25) is 0 Å². The molecule has 0 fully saturated rings. The summed E-state index contributed by atoms with van der Waals surface area (Å²) < 4.78 is 31.3. The van der Waals surface area contributed by atoms with Crippen molar-refractivity contribution in [3.63, 3.8) is 0 Å². The van der Waals surface area contributed by atoms with Gasteiger partial charge < -0.3 is 15.0 Å². The quantitative estimate of drug-likeness (QED) is 0.741. The lowest BCUT2D eigenvalue weighted by Gasteiger charge is -2.22. The van der Waals surface area contributed by atoms with Crippen molar-refractivity contribution in [1.82, 2.24) is 0 Å². The maximum Gasteiger partial charge on any atom is 0.130 e. The normalized spacial score (nSPS) is 10.4. The van der Waals surface area contributed by atoms with Crippen LogP contribution in [0.15, 0.2) is 42.5 Å². The van der Waals surface area contributed by atoms with E-state index in [0.29, 0.717) is 24.4 Å². The maximum absolute atomic E-state index is 12.9. The van der Waals surface area contributed by atoms with E-state index in [9.17, 15) is 8.78 Å². The van der Waals surface area contributed by atoms with Gasteiger partial charge in [0.05, 0.1) is 0 Å². The molecule has 1 N–H and O–H groups in total. The van der Waals surface area contributed by atoms with Gasteiger partial charge >= 0.3 is 0 Å². The highest BCUT2D eigenvalue weighted by molar-refractivity contribution is 5.82. The summed E-state index contributed by atoms with van der Waals surface area (Å²) in [6.07, 6.45) is 1.22. The first-order chi connectivity index (χ1) is 11.2. The van der Waals surface area contributed by atoms with Crippen LogP contribution >= 0.6 is 0 Å². The minimum atomic E-state index is -0.425. The Hall–Kier alpha value is -2.43. The number of hydrogen-bond donors (Lipinski definition) is 1. The molecule has 0 spiro atoms. The second-order valence-electron chi connectivity index (χ2n) is 5.05. The molecule has 5 heteroatoms. The topological polar surface area (TPSA) is 36.3 Å². The standard InChI is InChI=1S/C18H20F2N2O/c1-2-22(10-9-19)17-8-5-15(12-21)18(11-17)23-13-14-3-6-16(20)7-4-14/h3-8,11-12,21H,2,9-10,13H2,1H3.